The van der Waals surface area contributed by atoms with Crippen molar-refractivity contribution in [2.24, 2.45) is 5.92 Å². The molecule has 0 aliphatic carbocycles. The first-order valence-electron chi connectivity index (χ1n) is 12.9. The van der Waals surface area contributed by atoms with E-state index in [0.717, 1.165) is 30.4 Å². The van der Waals surface area contributed by atoms with Crippen LogP contribution in [0.25, 0.3) is 5.57 Å². The highest BCUT2D eigenvalue weighted by molar-refractivity contribution is 7.93. The average Bonchev–Trinajstić information content (AvgIpc) is 2.91. The third-order valence-electron chi connectivity index (χ3n) is 6.87. The minimum Gasteiger partial charge on any atom is -0.494 e. The number of ether oxygens (including phenoxy) is 2. The van der Waals surface area contributed by atoms with Crippen LogP contribution in [0.4, 0.5) is 0 Å². The van der Waals surface area contributed by atoms with Crippen molar-refractivity contribution in [3.8, 4) is 18.1 Å². The molecule has 1 aliphatic rings. The highest BCUT2D eigenvalue weighted by atomic mass is 32.2. The van der Waals surface area contributed by atoms with Crippen LogP contribution in [-0.2, 0) is 25.8 Å². The molecule has 2 aromatic rings. The van der Waals surface area contributed by atoms with Crippen molar-refractivity contribution >= 4 is 21.3 Å². The first kappa shape index (κ1) is 29.4. The van der Waals surface area contributed by atoms with E-state index in [-0.39, 0.29) is 31.0 Å². The van der Waals surface area contributed by atoms with Crippen molar-refractivity contribution in [2.75, 3.05) is 19.8 Å². The van der Waals surface area contributed by atoms with Gasteiger partial charge in [0.2, 0.25) is 0 Å². The number of sulfone groups is 1. The number of carbonyl (C=O) groups is 1. The lowest BCUT2D eigenvalue weighted by Gasteiger charge is -2.34. The van der Waals surface area contributed by atoms with E-state index in [9.17, 15) is 18.4 Å². The fraction of sp³-hybridized carbons (Fsp3) is 0.433. The van der Waals surface area contributed by atoms with Crippen molar-refractivity contribution in [1.29, 1.82) is 0 Å². The standard InChI is InChI=1S/C30H37NO6S/c1-5-24(26-10-9-25(20-22(2)3)23(4)21-26)8-6-7-17-37-27-11-13-28(14-12-27)38(34,35)30(29(32)31-33)15-18-36-19-16-30/h1,8-14,21-22,33H,6-7,15-20H2,2-4H3,(H,31,32). The number of terminal acetylenes is 1. The SMILES string of the molecule is C#CC(=CCCCOc1ccc(S(=O)(=O)C2(C(=O)NO)CCOCC2)cc1)c1ccc(CC(C)C)c(C)c1. The number of allylic oxidation sites excluding steroid dienone is 2. The molecular formula is C30H37NO6S. The second kappa shape index (κ2) is 13.1. The Morgan fingerprint density at radius 3 is 2.47 bits per heavy atom. The fourth-order valence-electron chi connectivity index (χ4n) is 4.67. The molecule has 38 heavy (non-hydrogen) atoms. The van der Waals surface area contributed by atoms with Gasteiger partial charge >= 0.3 is 0 Å². The van der Waals surface area contributed by atoms with Crippen molar-refractivity contribution < 1.29 is 27.9 Å². The molecule has 2 N–H and O–H groups in total. The van der Waals surface area contributed by atoms with Gasteiger partial charge in [0.25, 0.3) is 5.91 Å². The lowest BCUT2D eigenvalue weighted by atomic mass is 9.94. The summed E-state index contributed by atoms with van der Waals surface area (Å²) in [5.74, 6) is 2.96. The molecule has 0 atom stereocenters. The topological polar surface area (TPSA) is 102 Å². The van der Waals surface area contributed by atoms with E-state index in [0.29, 0.717) is 18.3 Å². The molecule has 0 bridgehead atoms. The third kappa shape index (κ3) is 6.65. The van der Waals surface area contributed by atoms with E-state index in [2.05, 4.69) is 44.9 Å². The molecule has 8 heteroatoms. The van der Waals surface area contributed by atoms with Crippen molar-refractivity contribution in [3.05, 3.63) is 65.2 Å². The van der Waals surface area contributed by atoms with Crippen molar-refractivity contribution in [2.45, 2.75) is 62.5 Å². The number of hydroxylamine groups is 1. The number of carbonyl (C=O) groups excluding carboxylic acids is 1. The zero-order valence-electron chi connectivity index (χ0n) is 22.3. The highest BCUT2D eigenvalue weighted by Gasteiger charge is 2.52. The van der Waals surface area contributed by atoms with E-state index in [1.54, 1.807) is 12.1 Å². The van der Waals surface area contributed by atoms with Crippen LogP contribution in [0.5, 0.6) is 5.75 Å². The summed E-state index contributed by atoms with van der Waals surface area (Å²) in [6.07, 6.45) is 10.3. The summed E-state index contributed by atoms with van der Waals surface area (Å²) >= 11 is 0. The molecule has 2 aromatic carbocycles. The Hall–Kier alpha value is -3.12. The number of hydrogen-bond donors (Lipinski definition) is 2. The van der Waals surface area contributed by atoms with Crippen LogP contribution in [0.2, 0.25) is 0 Å². The molecule has 204 valence electrons. The molecule has 1 heterocycles. The minimum atomic E-state index is -4.07. The van der Waals surface area contributed by atoms with E-state index < -0.39 is 20.5 Å². The molecule has 0 spiro atoms. The summed E-state index contributed by atoms with van der Waals surface area (Å²) in [5.41, 5.74) is 5.99. The number of unbranched alkanes of at least 4 members (excludes halogenated alkanes) is 1. The van der Waals surface area contributed by atoms with Crippen LogP contribution in [0.3, 0.4) is 0 Å². The van der Waals surface area contributed by atoms with Crippen LogP contribution >= 0.6 is 0 Å². The van der Waals surface area contributed by atoms with E-state index in [4.69, 9.17) is 15.9 Å². The number of amides is 1. The second-order valence-corrected chi connectivity index (χ2v) is 12.3. The Kier molecular flexibility index (Phi) is 10.1. The number of hydrogen-bond acceptors (Lipinski definition) is 6. The zero-order chi connectivity index (χ0) is 27.8. The first-order chi connectivity index (χ1) is 18.1. The fourth-order valence-corrected chi connectivity index (χ4v) is 6.61. The maximum atomic E-state index is 13.3. The third-order valence-corrected chi connectivity index (χ3v) is 9.38. The largest absolute Gasteiger partial charge is 0.494 e. The first-order valence-corrected chi connectivity index (χ1v) is 14.4. The summed E-state index contributed by atoms with van der Waals surface area (Å²) in [6.45, 7) is 7.20. The average molecular weight is 540 g/mol. The summed E-state index contributed by atoms with van der Waals surface area (Å²) in [6, 6.07) is 12.4. The predicted molar refractivity (Wildman–Crippen MR) is 148 cm³/mol. The lowest BCUT2D eigenvalue weighted by molar-refractivity contribution is -0.134. The van der Waals surface area contributed by atoms with Gasteiger partial charge in [-0.05, 0) is 85.9 Å². The molecule has 0 radical (unpaired) electrons. The molecule has 1 amide bonds. The van der Waals surface area contributed by atoms with Crippen LogP contribution in [-0.4, -0.2) is 44.1 Å². The minimum absolute atomic E-state index is 0.00773. The van der Waals surface area contributed by atoms with Gasteiger partial charge in [-0.3, -0.25) is 10.0 Å². The van der Waals surface area contributed by atoms with Gasteiger partial charge in [-0.25, -0.2) is 13.9 Å². The maximum absolute atomic E-state index is 13.3. The van der Waals surface area contributed by atoms with Gasteiger partial charge in [-0.15, -0.1) is 6.42 Å². The Balaban J connectivity index is 1.59. The molecular weight excluding hydrogens is 502 g/mol. The summed E-state index contributed by atoms with van der Waals surface area (Å²) in [5, 5.41) is 9.17. The van der Waals surface area contributed by atoms with Gasteiger partial charge in [0.15, 0.2) is 14.6 Å². The number of rotatable bonds is 11. The van der Waals surface area contributed by atoms with Crippen LogP contribution in [0, 0.1) is 25.2 Å². The molecule has 1 fully saturated rings. The normalized spacial score (nSPS) is 15.6. The Labute approximate surface area is 226 Å². The number of aryl methyl sites for hydroxylation is 1. The highest BCUT2D eigenvalue weighted by Crippen LogP contribution is 2.35. The predicted octanol–water partition coefficient (Wildman–Crippen LogP) is 4.90. The molecule has 1 aliphatic heterocycles. The summed E-state index contributed by atoms with van der Waals surface area (Å²) in [7, 11) is -4.07. The van der Waals surface area contributed by atoms with Gasteiger partial charge in [0.1, 0.15) is 5.75 Å². The number of benzene rings is 2. The smallest absolute Gasteiger partial charge is 0.265 e. The molecule has 1 saturated heterocycles. The molecule has 0 unspecified atom stereocenters. The lowest BCUT2D eigenvalue weighted by Crippen LogP contribution is -2.54. The number of nitrogens with one attached hydrogen (secondary N) is 1. The Morgan fingerprint density at radius 1 is 1.21 bits per heavy atom. The van der Waals surface area contributed by atoms with E-state index in [1.165, 1.54) is 28.7 Å². The van der Waals surface area contributed by atoms with Crippen molar-refractivity contribution in [3.63, 3.8) is 0 Å². The molecule has 7 nitrogen and oxygen atoms in total. The van der Waals surface area contributed by atoms with Crippen molar-refractivity contribution in [1.82, 2.24) is 5.48 Å². The molecule has 0 saturated carbocycles. The zero-order valence-corrected chi connectivity index (χ0v) is 23.1. The van der Waals surface area contributed by atoms with E-state index in [1.807, 2.05) is 6.08 Å². The van der Waals surface area contributed by atoms with Gasteiger partial charge in [-0.2, -0.15) is 0 Å². The van der Waals surface area contributed by atoms with Gasteiger partial charge in [0, 0.05) is 18.8 Å². The molecule has 0 aromatic heterocycles. The second-order valence-electron chi connectivity index (χ2n) is 10.0. The van der Waals surface area contributed by atoms with Gasteiger partial charge < -0.3 is 9.47 Å². The van der Waals surface area contributed by atoms with Gasteiger partial charge in [-0.1, -0.05) is 44.0 Å². The Bertz CT molecular complexity index is 1280. The summed E-state index contributed by atoms with van der Waals surface area (Å²) < 4.78 is 35.9. The maximum Gasteiger partial charge on any atom is 0.265 e. The molecule has 3 rings (SSSR count). The summed E-state index contributed by atoms with van der Waals surface area (Å²) in [4.78, 5) is 12.4. The van der Waals surface area contributed by atoms with Crippen LogP contribution in [0.1, 0.15) is 56.2 Å². The quantitative estimate of drug-likeness (QED) is 0.182. The van der Waals surface area contributed by atoms with Crippen LogP contribution < -0.4 is 10.2 Å². The Morgan fingerprint density at radius 2 is 1.89 bits per heavy atom. The van der Waals surface area contributed by atoms with Gasteiger partial charge in [0.05, 0.1) is 11.5 Å². The van der Waals surface area contributed by atoms with Crippen LogP contribution in [0.15, 0.2) is 53.4 Å². The monoisotopic (exact) mass is 539 g/mol. The van der Waals surface area contributed by atoms with E-state index >= 15 is 0 Å².